The minimum Gasteiger partial charge on any atom is -0.444 e. The molecule has 2 aliphatic heterocycles. The molecule has 11 heteroatoms. The van der Waals surface area contributed by atoms with Crippen LogP contribution in [0.2, 0.25) is 0 Å². The van der Waals surface area contributed by atoms with E-state index in [1.165, 1.54) is 11.3 Å². The van der Waals surface area contributed by atoms with Crippen LogP contribution in [0.3, 0.4) is 0 Å². The van der Waals surface area contributed by atoms with Gasteiger partial charge >= 0.3 is 6.09 Å². The van der Waals surface area contributed by atoms with E-state index in [4.69, 9.17) is 10.5 Å². The van der Waals surface area contributed by atoms with Crippen LogP contribution in [-0.2, 0) is 4.74 Å². The lowest BCUT2D eigenvalue weighted by molar-refractivity contribution is 0.0123. The van der Waals surface area contributed by atoms with Crippen molar-refractivity contribution >= 4 is 45.1 Å². The molecule has 0 saturated carbocycles. The monoisotopic (exact) mass is 554 g/mol. The van der Waals surface area contributed by atoms with Gasteiger partial charge in [-0.2, -0.15) is 0 Å². The Hall–Kier alpha value is -3.47. The standard InChI is InChI=1S/C28H35FN6O3S/c1-15(11-32-25(36)24-22(30)23-26(39-24)33-16(2)12-31-23)17-6-9-21(20(29)10-17)34-13-18-7-8-19(14-34)35(18)27(37)38-28(3,4)5/h6,9-10,12,15,18-19H,7-8,11,13-14,30H2,1-5H3,(H,32,36). The van der Waals surface area contributed by atoms with Crippen molar-refractivity contribution in [3.63, 3.8) is 0 Å². The summed E-state index contributed by atoms with van der Waals surface area (Å²) in [5.74, 6) is -0.721. The number of carbonyl (C=O) groups excluding carboxylic acids is 2. The average molecular weight is 555 g/mol. The van der Waals surface area contributed by atoms with Crippen molar-refractivity contribution in [2.75, 3.05) is 30.3 Å². The molecule has 208 valence electrons. The molecule has 3 aromatic rings. The van der Waals surface area contributed by atoms with Gasteiger partial charge in [-0.15, -0.1) is 11.3 Å². The smallest absolute Gasteiger partial charge is 0.410 e. The second-order valence-corrected chi connectivity index (χ2v) is 12.5. The first kappa shape index (κ1) is 27.1. The zero-order chi connectivity index (χ0) is 28.1. The third-order valence-electron chi connectivity index (χ3n) is 7.30. The van der Waals surface area contributed by atoms with Gasteiger partial charge in [0.15, 0.2) is 0 Å². The number of aryl methyl sites for hydroxylation is 1. The third-order valence-corrected chi connectivity index (χ3v) is 8.39. The third kappa shape index (κ3) is 5.50. The fourth-order valence-electron chi connectivity index (χ4n) is 5.38. The van der Waals surface area contributed by atoms with Crippen LogP contribution in [0.25, 0.3) is 10.3 Å². The number of fused-ring (bicyclic) bond motifs is 3. The molecule has 0 spiro atoms. The molecule has 1 aromatic carbocycles. The van der Waals surface area contributed by atoms with Crippen molar-refractivity contribution in [3.05, 3.63) is 46.3 Å². The Labute approximate surface area is 231 Å². The number of thiophene rings is 1. The van der Waals surface area contributed by atoms with E-state index in [2.05, 4.69) is 15.3 Å². The van der Waals surface area contributed by atoms with Gasteiger partial charge in [0.2, 0.25) is 0 Å². The number of benzene rings is 1. The number of nitrogens with two attached hydrogens (primary N) is 1. The number of anilines is 2. The minimum atomic E-state index is -0.552. The minimum absolute atomic E-state index is 0.00228. The average Bonchev–Trinajstić information content (AvgIpc) is 3.33. The van der Waals surface area contributed by atoms with Crippen LogP contribution in [0.15, 0.2) is 24.4 Å². The largest absolute Gasteiger partial charge is 0.444 e. The molecule has 5 rings (SSSR count). The fraction of sp³-hybridized carbons (Fsp3) is 0.500. The SMILES string of the molecule is Cc1cnc2c(N)c(C(=O)NCC(C)c3ccc(N4CC5CCC(C4)N5C(=O)OC(C)(C)C)c(F)c3)sc2n1. The Morgan fingerprint density at radius 3 is 2.59 bits per heavy atom. The number of nitrogens with one attached hydrogen (secondary N) is 1. The molecule has 9 nitrogen and oxygen atoms in total. The van der Waals surface area contributed by atoms with E-state index >= 15 is 4.39 Å². The van der Waals surface area contributed by atoms with Gasteiger partial charge in [0.05, 0.1) is 29.2 Å². The summed E-state index contributed by atoms with van der Waals surface area (Å²) in [4.78, 5) is 39.2. The Balaban J connectivity index is 1.22. The van der Waals surface area contributed by atoms with E-state index in [1.54, 1.807) is 18.3 Å². The summed E-state index contributed by atoms with van der Waals surface area (Å²) in [6.07, 6.45) is 3.10. The van der Waals surface area contributed by atoms with E-state index in [0.29, 0.717) is 46.2 Å². The summed E-state index contributed by atoms with van der Waals surface area (Å²) in [6, 6.07) is 5.25. The number of aromatic nitrogens is 2. The summed E-state index contributed by atoms with van der Waals surface area (Å²) in [7, 11) is 0. The van der Waals surface area contributed by atoms with E-state index < -0.39 is 5.60 Å². The van der Waals surface area contributed by atoms with Crippen molar-refractivity contribution < 1.29 is 18.7 Å². The van der Waals surface area contributed by atoms with Crippen molar-refractivity contribution in [1.29, 1.82) is 0 Å². The summed E-state index contributed by atoms with van der Waals surface area (Å²) in [6.45, 7) is 10.8. The van der Waals surface area contributed by atoms with Crippen LogP contribution in [0, 0.1) is 12.7 Å². The molecule has 3 atom stereocenters. The number of ether oxygens (including phenoxy) is 1. The summed E-state index contributed by atoms with van der Waals surface area (Å²) < 4.78 is 21.0. The molecule has 2 fully saturated rings. The number of halogens is 1. The van der Waals surface area contributed by atoms with Gasteiger partial charge in [0, 0.05) is 25.8 Å². The number of rotatable bonds is 5. The second kappa shape index (κ2) is 10.3. The number of hydrogen-bond donors (Lipinski definition) is 2. The second-order valence-electron chi connectivity index (χ2n) is 11.5. The molecule has 4 heterocycles. The lowest BCUT2D eigenvalue weighted by Gasteiger charge is -2.42. The van der Waals surface area contributed by atoms with Gasteiger partial charge in [-0.1, -0.05) is 13.0 Å². The van der Waals surface area contributed by atoms with E-state index in [1.807, 2.05) is 50.5 Å². The lowest BCUT2D eigenvalue weighted by Crippen LogP contribution is -2.57. The summed E-state index contributed by atoms with van der Waals surface area (Å²) in [5.41, 5.74) is 8.53. The highest BCUT2D eigenvalue weighted by Gasteiger charge is 2.44. The Morgan fingerprint density at radius 2 is 1.95 bits per heavy atom. The fourth-order valence-corrected chi connectivity index (χ4v) is 6.40. The van der Waals surface area contributed by atoms with Crippen molar-refractivity contribution in [2.24, 2.45) is 0 Å². The maximum Gasteiger partial charge on any atom is 0.410 e. The lowest BCUT2D eigenvalue weighted by atomic mass is 10.00. The molecular weight excluding hydrogens is 519 g/mol. The highest BCUT2D eigenvalue weighted by Crippen LogP contribution is 2.36. The number of hydrogen-bond acceptors (Lipinski definition) is 8. The normalized spacial score (nSPS) is 19.8. The van der Waals surface area contributed by atoms with E-state index in [9.17, 15) is 9.59 Å². The van der Waals surface area contributed by atoms with Gasteiger partial charge in [-0.25, -0.2) is 19.2 Å². The van der Waals surface area contributed by atoms with Crippen LogP contribution in [-0.4, -0.2) is 64.2 Å². The predicted octanol–water partition coefficient (Wildman–Crippen LogP) is 4.84. The van der Waals surface area contributed by atoms with Crippen molar-refractivity contribution in [1.82, 2.24) is 20.2 Å². The zero-order valence-corrected chi connectivity index (χ0v) is 23.8. The molecular formula is C28H35FN6O3S. The molecule has 2 saturated heterocycles. The number of carbonyl (C=O) groups is 2. The Morgan fingerprint density at radius 1 is 1.26 bits per heavy atom. The summed E-state index contributed by atoms with van der Waals surface area (Å²) in [5, 5.41) is 2.92. The molecule has 39 heavy (non-hydrogen) atoms. The van der Waals surface area contributed by atoms with Gasteiger partial charge in [0.1, 0.15) is 26.6 Å². The van der Waals surface area contributed by atoms with Crippen LogP contribution < -0.4 is 16.0 Å². The van der Waals surface area contributed by atoms with Crippen LogP contribution in [0.4, 0.5) is 20.6 Å². The van der Waals surface area contributed by atoms with Gasteiger partial charge in [-0.05, 0) is 64.2 Å². The van der Waals surface area contributed by atoms with Crippen molar-refractivity contribution in [3.8, 4) is 0 Å². The Kier molecular flexibility index (Phi) is 7.13. The van der Waals surface area contributed by atoms with Gasteiger partial charge in [-0.3, -0.25) is 9.69 Å². The first-order chi connectivity index (χ1) is 18.4. The van der Waals surface area contributed by atoms with Crippen LogP contribution in [0.5, 0.6) is 0 Å². The Bertz CT molecular complexity index is 1410. The molecule has 0 radical (unpaired) electrons. The number of piperazine rings is 1. The first-order valence-electron chi connectivity index (χ1n) is 13.3. The summed E-state index contributed by atoms with van der Waals surface area (Å²) >= 11 is 1.22. The molecule has 2 aromatic heterocycles. The van der Waals surface area contributed by atoms with Gasteiger partial charge in [0.25, 0.3) is 5.91 Å². The molecule has 3 N–H and O–H groups in total. The predicted molar refractivity (Wildman–Crippen MR) is 151 cm³/mol. The maximum atomic E-state index is 15.4. The number of nitrogen functional groups attached to an aromatic ring is 1. The topological polar surface area (TPSA) is 114 Å². The van der Waals surface area contributed by atoms with Crippen LogP contribution in [0.1, 0.15) is 67.4 Å². The maximum absolute atomic E-state index is 15.4. The quantitative estimate of drug-likeness (QED) is 0.464. The molecule has 2 amide bonds. The molecule has 3 unspecified atom stereocenters. The molecule has 2 aliphatic rings. The van der Waals surface area contributed by atoms with Crippen LogP contribution >= 0.6 is 11.3 Å². The highest BCUT2D eigenvalue weighted by atomic mass is 32.1. The number of amides is 2. The molecule has 0 aliphatic carbocycles. The highest BCUT2D eigenvalue weighted by molar-refractivity contribution is 7.21. The zero-order valence-electron chi connectivity index (χ0n) is 23.0. The number of nitrogens with zero attached hydrogens (tertiary/aromatic N) is 4. The first-order valence-corrected chi connectivity index (χ1v) is 14.1. The van der Waals surface area contributed by atoms with Crippen molar-refractivity contribution in [2.45, 2.75) is 71.1 Å². The van der Waals surface area contributed by atoms with E-state index in [0.717, 1.165) is 24.1 Å². The molecule has 2 bridgehead atoms. The van der Waals surface area contributed by atoms with Gasteiger partial charge < -0.3 is 20.7 Å². The van der Waals surface area contributed by atoms with E-state index in [-0.39, 0.29) is 35.8 Å².